The molecule has 0 radical (unpaired) electrons. The highest BCUT2D eigenvalue weighted by Gasteiger charge is 2.49. The maximum absolute atomic E-state index is 13.7. The van der Waals surface area contributed by atoms with Crippen LogP contribution in [0, 0.1) is 25.5 Å². The number of hydrogen-bond donors (Lipinski definition) is 1. The maximum atomic E-state index is 13.7. The van der Waals surface area contributed by atoms with E-state index in [2.05, 4.69) is 5.32 Å². The molecule has 8 heteroatoms. The number of hydrogen-bond acceptors (Lipinski definition) is 3. The van der Waals surface area contributed by atoms with E-state index in [1.807, 2.05) is 41.8 Å². The minimum Gasteiger partial charge on any atom is -0.319 e. The number of carbonyl (C=O) groups is 3. The number of carbonyl (C=O) groups excluding carboxylic acids is 3. The van der Waals surface area contributed by atoms with Crippen molar-refractivity contribution < 1.29 is 23.2 Å². The second-order valence-corrected chi connectivity index (χ2v) is 7.95. The Balaban J connectivity index is 1.61. The smallest absolute Gasteiger partial charge is 0.319 e. The van der Waals surface area contributed by atoms with E-state index in [9.17, 15) is 23.2 Å². The largest absolute Gasteiger partial charge is 0.325 e. The van der Waals surface area contributed by atoms with Crippen LogP contribution in [0.5, 0.6) is 0 Å². The van der Waals surface area contributed by atoms with Crippen molar-refractivity contribution in [1.82, 2.24) is 14.8 Å². The highest BCUT2D eigenvalue weighted by atomic mass is 19.2. The van der Waals surface area contributed by atoms with Crippen molar-refractivity contribution in [3.05, 3.63) is 88.7 Å². The Morgan fingerprint density at radius 2 is 1.69 bits per heavy atom. The first kappa shape index (κ1) is 21.4. The van der Waals surface area contributed by atoms with Crippen LogP contribution in [0.3, 0.4) is 0 Å². The molecule has 1 aromatic heterocycles. The Kier molecular flexibility index (Phi) is 5.16. The molecule has 0 bridgehead atoms. The van der Waals surface area contributed by atoms with Crippen molar-refractivity contribution in [3.8, 4) is 5.69 Å². The number of Topliss-reactive ketones (excluding diaryl/α,β-unsaturated/α-hetero) is 1. The monoisotopic (exact) mass is 437 g/mol. The van der Waals surface area contributed by atoms with Gasteiger partial charge in [-0.3, -0.25) is 14.5 Å². The molecule has 164 valence electrons. The summed E-state index contributed by atoms with van der Waals surface area (Å²) in [6, 6.07) is 13.4. The van der Waals surface area contributed by atoms with Crippen molar-refractivity contribution >= 4 is 17.7 Å². The van der Waals surface area contributed by atoms with Crippen LogP contribution in [0.4, 0.5) is 13.6 Å². The molecule has 6 nitrogen and oxygen atoms in total. The summed E-state index contributed by atoms with van der Waals surface area (Å²) in [6.07, 6.45) is 0. The van der Waals surface area contributed by atoms with Gasteiger partial charge in [-0.25, -0.2) is 13.6 Å². The molecule has 3 aromatic rings. The van der Waals surface area contributed by atoms with E-state index in [0.717, 1.165) is 28.4 Å². The van der Waals surface area contributed by atoms with E-state index in [0.29, 0.717) is 11.3 Å². The third-order valence-corrected chi connectivity index (χ3v) is 5.82. The minimum absolute atomic E-state index is 0.0898. The first-order chi connectivity index (χ1) is 15.1. The molecule has 3 amide bonds. The molecule has 1 aliphatic rings. The zero-order valence-electron chi connectivity index (χ0n) is 17.8. The zero-order chi connectivity index (χ0) is 23.2. The second-order valence-electron chi connectivity index (χ2n) is 7.95. The Morgan fingerprint density at radius 1 is 1.00 bits per heavy atom. The fourth-order valence-corrected chi connectivity index (χ4v) is 4.09. The Labute approximate surface area is 183 Å². The average molecular weight is 437 g/mol. The number of para-hydroxylation sites is 1. The van der Waals surface area contributed by atoms with Crippen molar-refractivity contribution in [1.29, 1.82) is 0 Å². The lowest BCUT2D eigenvalue weighted by Gasteiger charge is -2.22. The van der Waals surface area contributed by atoms with E-state index >= 15 is 0 Å². The molecule has 0 spiro atoms. The standard InChI is InChI=1S/C24H21F2N3O3/c1-14-11-18(15(2)29(14)17-7-5-4-6-8-17)21(30)13-28-22(31)24(3,27-23(28)32)16-9-10-19(25)20(26)12-16/h4-12H,13H2,1-3H3,(H,27,32). The van der Waals surface area contributed by atoms with E-state index in [1.54, 1.807) is 13.0 Å². The molecule has 0 aliphatic carbocycles. The molecule has 1 atom stereocenters. The van der Waals surface area contributed by atoms with Crippen LogP contribution >= 0.6 is 0 Å². The predicted octanol–water partition coefficient (Wildman–Crippen LogP) is 4.02. The summed E-state index contributed by atoms with van der Waals surface area (Å²) in [4.78, 5) is 39.5. The summed E-state index contributed by atoms with van der Waals surface area (Å²) in [7, 11) is 0. The summed E-state index contributed by atoms with van der Waals surface area (Å²) in [5, 5.41) is 2.50. The molecule has 0 saturated carbocycles. The van der Waals surface area contributed by atoms with E-state index < -0.39 is 41.4 Å². The third-order valence-electron chi connectivity index (χ3n) is 5.82. The molecule has 1 saturated heterocycles. The van der Waals surface area contributed by atoms with Crippen molar-refractivity contribution in [2.75, 3.05) is 6.54 Å². The van der Waals surface area contributed by atoms with Crippen LogP contribution in [0.25, 0.3) is 5.69 Å². The highest BCUT2D eigenvalue weighted by Crippen LogP contribution is 2.30. The molecule has 2 heterocycles. The van der Waals surface area contributed by atoms with E-state index in [1.165, 1.54) is 13.0 Å². The van der Waals surface area contributed by atoms with Gasteiger partial charge in [0.2, 0.25) is 0 Å². The number of rotatable bonds is 5. The fourth-order valence-electron chi connectivity index (χ4n) is 4.09. The Bertz CT molecular complexity index is 1250. The lowest BCUT2D eigenvalue weighted by atomic mass is 9.92. The number of imide groups is 1. The minimum atomic E-state index is -1.60. The van der Waals surface area contributed by atoms with Gasteiger partial charge in [0, 0.05) is 22.6 Å². The van der Waals surface area contributed by atoms with Gasteiger partial charge in [0.25, 0.3) is 5.91 Å². The number of ketones is 1. The maximum Gasteiger partial charge on any atom is 0.325 e. The summed E-state index contributed by atoms with van der Waals surface area (Å²) in [5.41, 5.74) is 1.30. The number of amides is 3. The van der Waals surface area contributed by atoms with Crippen LogP contribution in [-0.2, 0) is 10.3 Å². The van der Waals surface area contributed by atoms with Gasteiger partial charge in [0.1, 0.15) is 5.54 Å². The number of nitrogens with zero attached hydrogens (tertiary/aromatic N) is 2. The zero-order valence-corrected chi connectivity index (χ0v) is 17.8. The normalized spacial score (nSPS) is 18.2. The van der Waals surface area contributed by atoms with Gasteiger partial charge in [-0.15, -0.1) is 0 Å². The molecule has 1 fully saturated rings. The van der Waals surface area contributed by atoms with E-state index in [4.69, 9.17) is 0 Å². The number of nitrogens with one attached hydrogen (secondary N) is 1. The van der Waals surface area contributed by atoms with Crippen LogP contribution in [0.1, 0.15) is 34.2 Å². The quantitative estimate of drug-likeness (QED) is 0.484. The van der Waals surface area contributed by atoms with Gasteiger partial charge in [0.15, 0.2) is 17.4 Å². The molecule has 4 rings (SSSR count). The van der Waals surface area contributed by atoms with Crippen LogP contribution in [-0.4, -0.2) is 33.7 Å². The molecule has 2 aromatic carbocycles. The van der Waals surface area contributed by atoms with Gasteiger partial charge >= 0.3 is 6.03 Å². The summed E-state index contributed by atoms with van der Waals surface area (Å²) >= 11 is 0. The number of urea groups is 1. The first-order valence-corrected chi connectivity index (χ1v) is 10.0. The van der Waals surface area contributed by atoms with Gasteiger partial charge in [-0.2, -0.15) is 0 Å². The number of aromatic nitrogens is 1. The van der Waals surface area contributed by atoms with Crippen molar-refractivity contribution in [2.24, 2.45) is 0 Å². The van der Waals surface area contributed by atoms with Gasteiger partial charge in [-0.1, -0.05) is 24.3 Å². The van der Waals surface area contributed by atoms with Gasteiger partial charge < -0.3 is 9.88 Å². The summed E-state index contributed by atoms with van der Waals surface area (Å²) < 4.78 is 28.9. The predicted molar refractivity (Wildman–Crippen MR) is 114 cm³/mol. The van der Waals surface area contributed by atoms with Crippen LogP contribution < -0.4 is 5.32 Å². The van der Waals surface area contributed by atoms with E-state index in [-0.39, 0.29) is 5.56 Å². The average Bonchev–Trinajstić information content (AvgIpc) is 3.18. The number of benzene rings is 2. The van der Waals surface area contributed by atoms with Gasteiger partial charge in [-0.05, 0) is 56.7 Å². The molecular formula is C24H21F2N3O3. The lowest BCUT2D eigenvalue weighted by molar-refractivity contribution is -0.130. The number of halogens is 2. The molecule has 1 unspecified atom stereocenters. The Morgan fingerprint density at radius 3 is 2.34 bits per heavy atom. The topological polar surface area (TPSA) is 71.4 Å². The van der Waals surface area contributed by atoms with Crippen molar-refractivity contribution in [2.45, 2.75) is 26.3 Å². The van der Waals surface area contributed by atoms with Crippen LogP contribution in [0.2, 0.25) is 0 Å². The first-order valence-electron chi connectivity index (χ1n) is 10.0. The molecule has 32 heavy (non-hydrogen) atoms. The third kappa shape index (κ3) is 3.37. The molecule has 1 aliphatic heterocycles. The fraction of sp³-hybridized carbons (Fsp3) is 0.208. The molecule has 1 N–H and O–H groups in total. The van der Waals surface area contributed by atoms with Crippen molar-refractivity contribution in [3.63, 3.8) is 0 Å². The van der Waals surface area contributed by atoms with Crippen LogP contribution in [0.15, 0.2) is 54.6 Å². The number of aryl methyl sites for hydroxylation is 1. The lowest BCUT2D eigenvalue weighted by Crippen LogP contribution is -2.41. The SMILES string of the molecule is Cc1cc(C(=O)CN2C(=O)NC(C)(c3ccc(F)c(F)c3)C2=O)c(C)n1-c1ccccc1. The Hall–Kier alpha value is -3.81. The summed E-state index contributed by atoms with van der Waals surface area (Å²) in [6.45, 7) is 4.59. The highest BCUT2D eigenvalue weighted by molar-refractivity contribution is 6.11. The second kappa shape index (κ2) is 7.71. The summed E-state index contributed by atoms with van der Waals surface area (Å²) in [5.74, 6) is -3.30. The molecular weight excluding hydrogens is 416 g/mol. The van der Waals surface area contributed by atoms with Gasteiger partial charge in [0.05, 0.1) is 6.54 Å².